The number of nitrogens with one attached hydrogen (secondary N) is 1. The van der Waals surface area contributed by atoms with E-state index in [0.717, 1.165) is 19.1 Å². The number of primary amides is 1. The number of hydrogen-bond acceptors (Lipinski definition) is 4. The number of ether oxygens (including phenoxy) is 1. The molecule has 178 valence electrons. The van der Waals surface area contributed by atoms with E-state index < -0.39 is 53.2 Å². The van der Waals surface area contributed by atoms with Crippen LogP contribution in [0.5, 0.6) is 0 Å². The summed E-state index contributed by atoms with van der Waals surface area (Å²) in [6.45, 7) is 3.60. The minimum Gasteiger partial charge on any atom is -0.364 e. The maximum atomic E-state index is 14.5. The molecule has 1 aliphatic heterocycles. The zero-order valence-electron chi connectivity index (χ0n) is 18.0. The van der Waals surface area contributed by atoms with Crippen LogP contribution in [0.15, 0.2) is 30.5 Å². The molecule has 2 heterocycles. The lowest BCUT2D eigenvalue weighted by atomic mass is 9.75. The first-order chi connectivity index (χ1) is 15.3. The van der Waals surface area contributed by atoms with Crippen LogP contribution in [0.1, 0.15) is 48.3 Å². The van der Waals surface area contributed by atoms with Crippen molar-refractivity contribution in [3.63, 3.8) is 0 Å². The number of nitrogens with zero attached hydrogens (tertiary/aromatic N) is 1. The number of hydrogen-bond donors (Lipinski definition) is 2. The summed E-state index contributed by atoms with van der Waals surface area (Å²) in [5.74, 6) is -6.69. The van der Waals surface area contributed by atoms with Crippen LogP contribution in [-0.4, -0.2) is 34.7 Å². The summed E-state index contributed by atoms with van der Waals surface area (Å²) in [5.41, 5.74) is 2.26. The molecule has 0 spiro atoms. The number of anilines is 1. The number of pyridine rings is 1. The molecule has 3 rings (SSSR count). The molecule has 0 saturated carbocycles. The van der Waals surface area contributed by atoms with Gasteiger partial charge in [0.2, 0.25) is 0 Å². The molecule has 2 aromatic rings. The Morgan fingerprint density at radius 1 is 1.24 bits per heavy atom. The number of halogens is 5. The average Bonchev–Trinajstić information content (AvgIpc) is 3.02. The number of benzene rings is 1. The SMILES string of the molecule is CCc1c([C@@H]2[C@@H](C(=O)Nc3ccnc(C(N)=O)c3)OC(C)(C(F)(F)F)[C@H]2C)ccc(F)c1F. The highest BCUT2D eigenvalue weighted by Gasteiger charge is 2.65. The lowest BCUT2D eigenvalue weighted by molar-refractivity contribution is -0.272. The summed E-state index contributed by atoms with van der Waals surface area (Å²) in [6.07, 6.45) is -5.35. The van der Waals surface area contributed by atoms with Gasteiger partial charge in [0.25, 0.3) is 11.8 Å². The lowest BCUT2D eigenvalue weighted by Crippen LogP contribution is -2.47. The van der Waals surface area contributed by atoms with Gasteiger partial charge in [-0.05, 0) is 42.7 Å². The second kappa shape index (κ2) is 8.69. The fraction of sp³-hybridized carbons (Fsp3) is 0.409. The van der Waals surface area contributed by atoms with Gasteiger partial charge in [0.15, 0.2) is 17.2 Å². The van der Waals surface area contributed by atoms with Crippen LogP contribution in [0, 0.1) is 17.6 Å². The Hall–Kier alpha value is -3.08. The van der Waals surface area contributed by atoms with E-state index >= 15 is 0 Å². The predicted octanol–water partition coefficient (Wildman–Crippen LogP) is 4.10. The van der Waals surface area contributed by atoms with Crippen molar-refractivity contribution >= 4 is 17.5 Å². The molecule has 1 fully saturated rings. The molecule has 1 aromatic heterocycles. The van der Waals surface area contributed by atoms with E-state index in [4.69, 9.17) is 10.5 Å². The van der Waals surface area contributed by atoms with E-state index in [1.807, 2.05) is 0 Å². The normalized spacial score (nSPS) is 25.2. The number of alkyl halides is 3. The van der Waals surface area contributed by atoms with Gasteiger partial charge in [-0.3, -0.25) is 14.6 Å². The molecule has 3 N–H and O–H groups in total. The van der Waals surface area contributed by atoms with Crippen LogP contribution >= 0.6 is 0 Å². The lowest BCUT2D eigenvalue weighted by Gasteiger charge is -2.32. The van der Waals surface area contributed by atoms with E-state index in [2.05, 4.69) is 10.3 Å². The fourth-order valence-electron chi connectivity index (χ4n) is 4.16. The Labute approximate surface area is 186 Å². The molecule has 4 atom stereocenters. The van der Waals surface area contributed by atoms with E-state index in [1.54, 1.807) is 0 Å². The highest BCUT2D eigenvalue weighted by Crippen LogP contribution is 2.54. The third kappa shape index (κ3) is 4.29. The van der Waals surface area contributed by atoms with Crippen molar-refractivity contribution in [1.82, 2.24) is 4.98 Å². The molecule has 0 radical (unpaired) electrons. The van der Waals surface area contributed by atoms with Crippen molar-refractivity contribution in [2.45, 2.75) is 51.0 Å². The molecule has 0 aliphatic carbocycles. The summed E-state index contributed by atoms with van der Waals surface area (Å²) in [7, 11) is 0. The van der Waals surface area contributed by atoms with Crippen molar-refractivity contribution in [3.05, 3.63) is 58.9 Å². The van der Waals surface area contributed by atoms with E-state index in [1.165, 1.54) is 32.2 Å². The number of amides is 2. The largest absolute Gasteiger partial charge is 0.417 e. The summed E-state index contributed by atoms with van der Waals surface area (Å²) in [5, 5.41) is 2.41. The molecule has 1 unspecified atom stereocenters. The van der Waals surface area contributed by atoms with Gasteiger partial charge in [-0.25, -0.2) is 8.78 Å². The smallest absolute Gasteiger partial charge is 0.364 e. The molecular weight excluding hydrogens is 449 g/mol. The summed E-state index contributed by atoms with van der Waals surface area (Å²) in [6, 6.07) is 4.47. The monoisotopic (exact) mass is 471 g/mol. The highest BCUT2D eigenvalue weighted by molar-refractivity contribution is 5.97. The molecule has 6 nitrogen and oxygen atoms in total. The van der Waals surface area contributed by atoms with Crippen LogP contribution in [0.4, 0.5) is 27.6 Å². The number of rotatable bonds is 5. The van der Waals surface area contributed by atoms with Crippen molar-refractivity contribution in [2.75, 3.05) is 5.32 Å². The van der Waals surface area contributed by atoms with Crippen LogP contribution < -0.4 is 11.1 Å². The zero-order valence-corrected chi connectivity index (χ0v) is 18.0. The van der Waals surface area contributed by atoms with Crippen molar-refractivity contribution in [2.24, 2.45) is 11.7 Å². The predicted molar refractivity (Wildman–Crippen MR) is 108 cm³/mol. The maximum absolute atomic E-state index is 14.5. The standard InChI is InChI=1S/C22H22F5N3O3/c1-4-12-13(5-6-14(23)17(12)24)16-10(2)21(3,22(25,26)27)33-18(16)20(32)30-11-7-8-29-15(9-11)19(28)31/h5-10,16,18H,4H2,1-3H3,(H2,28,31)(H,29,30,32)/t10-,16+,18-,21?/m0/s1. The maximum Gasteiger partial charge on any atom is 0.417 e. The van der Waals surface area contributed by atoms with Crippen molar-refractivity contribution in [3.8, 4) is 0 Å². The number of aromatic nitrogens is 1. The van der Waals surface area contributed by atoms with Gasteiger partial charge in [0.1, 0.15) is 11.8 Å². The van der Waals surface area contributed by atoms with Gasteiger partial charge in [0, 0.05) is 23.7 Å². The molecule has 2 amide bonds. The topological polar surface area (TPSA) is 94.3 Å². The van der Waals surface area contributed by atoms with Crippen molar-refractivity contribution in [1.29, 1.82) is 0 Å². The van der Waals surface area contributed by atoms with Crippen LogP contribution in [0.25, 0.3) is 0 Å². The molecular formula is C22H22F5N3O3. The van der Waals surface area contributed by atoms with Crippen LogP contribution in [-0.2, 0) is 16.0 Å². The van der Waals surface area contributed by atoms with Gasteiger partial charge < -0.3 is 15.8 Å². The molecule has 0 bridgehead atoms. The summed E-state index contributed by atoms with van der Waals surface area (Å²) < 4.78 is 75.5. The van der Waals surface area contributed by atoms with Crippen LogP contribution in [0.2, 0.25) is 0 Å². The third-order valence-corrected chi connectivity index (χ3v) is 6.15. The van der Waals surface area contributed by atoms with Gasteiger partial charge >= 0.3 is 6.18 Å². The first-order valence-electron chi connectivity index (χ1n) is 10.1. The van der Waals surface area contributed by atoms with Gasteiger partial charge in [-0.1, -0.05) is 19.9 Å². The number of nitrogens with two attached hydrogens (primary N) is 1. The first-order valence-corrected chi connectivity index (χ1v) is 10.1. The van der Waals surface area contributed by atoms with E-state index in [-0.39, 0.29) is 28.9 Å². The second-order valence-corrected chi connectivity index (χ2v) is 8.02. The van der Waals surface area contributed by atoms with Crippen LogP contribution in [0.3, 0.4) is 0 Å². The number of carbonyl (C=O) groups excluding carboxylic acids is 2. The molecule has 1 aliphatic rings. The van der Waals surface area contributed by atoms with Gasteiger partial charge in [-0.15, -0.1) is 0 Å². The zero-order chi connectivity index (χ0) is 24.7. The summed E-state index contributed by atoms with van der Waals surface area (Å²) >= 11 is 0. The van der Waals surface area contributed by atoms with Crippen molar-refractivity contribution < 1.29 is 36.3 Å². The minimum atomic E-state index is -4.85. The molecule has 1 saturated heterocycles. The Morgan fingerprint density at radius 2 is 1.91 bits per heavy atom. The Bertz CT molecular complexity index is 1090. The van der Waals surface area contributed by atoms with Gasteiger partial charge in [0.05, 0.1) is 0 Å². The Morgan fingerprint density at radius 3 is 2.48 bits per heavy atom. The molecule has 11 heteroatoms. The Balaban J connectivity index is 2.07. The summed E-state index contributed by atoms with van der Waals surface area (Å²) in [4.78, 5) is 28.1. The van der Waals surface area contributed by atoms with E-state index in [9.17, 15) is 31.5 Å². The molecule has 33 heavy (non-hydrogen) atoms. The first kappa shape index (κ1) is 24.6. The fourth-order valence-corrected chi connectivity index (χ4v) is 4.16. The van der Waals surface area contributed by atoms with Gasteiger partial charge in [-0.2, -0.15) is 13.2 Å². The Kier molecular flexibility index (Phi) is 6.47. The number of carbonyl (C=O) groups is 2. The average molecular weight is 471 g/mol. The second-order valence-electron chi connectivity index (χ2n) is 8.02. The third-order valence-electron chi connectivity index (χ3n) is 6.15. The highest BCUT2D eigenvalue weighted by atomic mass is 19.4. The molecule has 1 aromatic carbocycles. The minimum absolute atomic E-state index is 0.00839. The van der Waals surface area contributed by atoms with E-state index in [0.29, 0.717) is 0 Å². The quantitative estimate of drug-likeness (QED) is 0.642.